The lowest BCUT2D eigenvalue weighted by Crippen LogP contribution is -2.67. The predicted molar refractivity (Wildman–Crippen MR) is 108 cm³/mol. The Morgan fingerprint density at radius 2 is 1.46 bits per heavy atom. The number of ether oxygens (including phenoxy) is 2. The van der Waals surface area contributed by atoms with E-state index >= 15 is 0 Å². The van der Waals surface area contributed by atoms with E-state index in [9.17, 15) is 0 Å². The highest BCUT2D eigenvalue weighted by Crippen LogP contribution is 2.37. The first-order valence-corrected chi connectivity index (χ1v) is 11.3. The Kier molecular flexibility index (Phi) is 5.98. The Labute approximate surface area is 158 Å². The molecule has 3 nitrogen and oxygen atoms in total. The van der Waals surface area contributed by atoms with Gasteiger partial charge in [0.15, 0.2) is 6.29 Å². The molecule has 4 heteroatoms. The van der Waals surface area contributed by atoms with Crippen LogP contribution in [0.1, 0.15) is 33.6 Å². The van der Waals surface area contributed by atoms with Crippen LogP contribution >= 0.6 is 0 Å². The van der Waals surface area contributed by atoms with E-state index in [2.05, 4.69) is 81.4 Å². The fraction of sp³-hybridized carbons (Fsp3) is 0.455. The number of rotatable bonds is 6. The summed E-state index contributed by atoms with van der Waals surface area (Å²) < 4.78 is 18.2. The van der Waals surface area contributed by atoms with Crippen LogP contribution in [0.5, 0.6) is 0 Å². The molecule has 2 aromatic rings. The van der Waals surface area contributed by atoms with Crippen molar-refractivity contribution in [1.82, 2.24) is 0 Å². The fourth-order valence-corrected chi connectivity index (χ4v) is 8.54. The first-order valence-electron chi connectivity index (χ1n) is 9.40. The van der Waals surface area contributed by atoms with Crippen LogP contribution in [0.15, 0.2) is 60.7 Å². The minimum atomic E-state index is -2.47. The van der Waals surface area contributed by atoms with E-state index in [1.807, 2.05) is 0 Å². The highest BCUT2D eigenvalue weighted by molar-refractivity contribution is 6.99. The molecule has 3 rings (SSSR count). The highest BCUT2D eigenvalue weighted by Gasteiger charge is 2.50. The van der Waals surface area contributed by atoms with Crippen LogP contribution in [-0.4, -0.2) is 34.4 Å². The van der Waals surface area contributed by atoms with E-state index in [-0.39, 0.29) is 17.4 Å². The molecular weight excluding hydrogens is 340 g/mol. The van der Waals surface area contributed by atoms with Crippen molar-refractivity contribution in [3.05, 3.63) is 60.7 Å². The SMILES string of the molecule is COC1CC[C@@H](CO[Si](c2ccccc2)(c2ccccc2)C(C)(C)C)O1. The van der Waals surface area contributed by atoms with E-state index in [0.717, 1.165) is 12.8 Å². The number of methoxy groups -OCH3 is 1. The van der Waals surface area contributed by atoms with Gasteiger partial charge < -0.3 is 13.9 Å². The summed E-state index contributed by atoms with van der Waals surface area (Å²) >= 11 is 0. The van der Waals surface area contributed by atoms with Crippen molar-refractivity contribution >= 4 is 18.7 Å². The van der Waals surface area contributed by atoms with Crippen molar-refractivity contribution in [3.63, 3.8) is 0 Å². The maximum atomic E-state index is 6.90. The Balaban J connectivity index is 1.98. The van der Waals surface area contributed by atoms with Crippen LogP contribution in [0.2, 0.25) is 5.04 Å². The molecule has 140 valence electrons. The molecule has 2 atom stereocenters. The first-order chi connectivity index (χ1) is 12.5. The summed E-state index contributed by atoms with van der Waals surface area (Å²) in [5.74, 6) is 0. The molecular formula is C22H30O3Si. The summed E-state index contributed by atoms with van der Waals surface area (Å²) in [4.78, 5) is 0. The molecule has 1 aliphatic rings. The topological polar surface area (TPSA) is 27.7 Å². The average molecular weight is 371 g/mol. The Morgan fingerprint density at radius 3 is 1.88 bits per heavy atom. The normalized spacial score (nSPS) is 21.1. The summed E-state index contributed by atoms with van der Waals surface area (Å²) in [7, 11) is -0.765. The molecule has 1 saturated heterocycles. The van der Waals surface area contributed by atoms with Crippen LogP contribution in [0, 0.1) is 0 Å². The smallest absolute Gasteiger partial charge is 0.261 e. The molecule has 1 unspecified atom stereocenters. The molecule has 1 heterocycles. The van der Waals surface area contributed by atoms with Gasteiger partial charge in [0, 0.05) is 13.5 Å². The van der Waals surface area contributed by atoms with Crippen LogP contribution in [0.25, 0.3) is 0 Å². The Hall–Kier alpha value is -1.46. The molecule has 0 radical (unpaired) electrons. The molecule has 2 aromatic carbocycles. The van der Waals surface area contributed by atoms with Gasteiger partial charge >= 0.3 is 0 Å². The summed E-state index contributed by atoms with van der Waals surface area (Å²) in [6, 6.07) is 21.5. The second kappa shape index (κ2) is 8.05. The number of hydrogen-bond donors (Lipinski definition) is 0. The number of hydrogen-bond acceptors (Lipinski definition) is 3. The van der Waals surface area contributed by atoms with Crippen molar-refractivity contribution in [2.24, 2.45) is 0 Å². The van der Waals surface area contributed by atoms with E-state index in [4.69, 9.17) is 13.9 Å². The second-order valence-corrected chi connectivity index (χ2v) is 12.3. The molecule has 26 heavy (non-hydrogen) atoms. The van der Waals surface area contributed by atoms with E-state index in [0.29, 0.717) is 6.61 Å². The molecule has 0 aliphatic carbocycles. The van der Waals surface area contributed by atoms with Gasteiger partial charge in [0.25, 0.3) is 8.32 Å². The molecule has 0 spiro atoms. The Bertz CT molecular complexity index is 642. The molecule has 0 saturated carbocycles. The van der Waals surface area contributed by atoms with Gasteiger partial charge in [-0.25, -0.2) is 0 Å². The molecule has 0 amide bonds. The van der Waals surface area contributed by atoms with Gasteiger partial charge in [0.05, 0.1) is 12.7 Å². The Morgan fingerprint density at radius 1 is 0.923 bits per heavy atom. The molecule has 1 aliphatic heterocycles. The zero-order valence-corrected chi connectivity index (χ0v) is 17.3. The van der Waals surface area contributed by atoms with Gasteiger partial charge in [-0.1, -0.05) is 81.4 Å². The zero-order chi connectivity index (χ0) is 18.6. The van der Waals surface area contributed by atoms with Crippen molar-refractivity contribution in [3.8, 4) is 0 Å². The second-order valence-electron chi connectivity index (χ2n) is 7.97. The summed E-state index contributed by atoms with van der Waals surface area (Å²) in [5, 5.41) is 2.61. The van der Waals surface area contributed by atoms with Crippen molar-refractivity contribution in [1.29, 1.82) is 0 Å². The lowest BCUT2D eigenvalue weighted by molar-refractivity contribution is -0.121. The minimum absolute atomic E-state index is 0.00499. The van der Waals surface area contributed by atoms with Gasteiger partial charge in [-0.05, 0) is 21.8 Å². The molecule has 1 fully saturated rings. The molecule has 0 aromatic heterocycles. The van der Waals surface area contributed by atoms with E-state index < -0.39 is 8.32 Å². The monoisotopic (exact) mass is 370 g/mol. The molecule has 0 N–H and O–H groups in total. The summed E-state index contributed by atoms with van der Waals surface area (Å²) in [5.41, 5.74) is 0. The summed E-state index contributed by atoms with van der Waals surface area (Å²) in [6.45, 7) is 7.50. The number of benzene rings is 2. The van der Waals surface area contributed by atoms with Gasteiger partial charge in [0.1, 0.15) is 0 Å². The maximum Gasteiger partial charge on any atom is 0.261 e. The van der Waals surface area contributed by atoms with Crippen LogP contribution < -0.4 is 10.4 Å². The third-order valence-electron chi connectivity index (χ3n) is 5.23. The highest BCUT2D eigenvalue weighted by atomic mass is 28.4. The predicted octanol–water partition coefficient (Wildman–Crippen LogP) is 3.71. The maximum absolute atomic E-state index is 6.90. The van der Waals surface area contributed by atoms with Crippen LogP contribution in [-0.2, 0) is 13.9 Å². The third kappa shape index (κ3) is 3.79. The third-order valence-corrected chi connectivity index (χ3v) is 10.2. The summed E-state index contributed by atoms with van der Waals surface area (Å²) in [6.07, 6.45) is 1.92. The first kappa shape index (κ1) is 19.3. The van der Waals surface area contributed by atoms with Gasteiger partial charge in [-0.2, -0.15) is 0 Å². The molecule has 0 bridgehead atoms. The van der Waals surface area contributed by atoms with Crippen molar-refractivity contribution < 1.29 is 13.9 Å². The van der Waals surface area contributed by atoms with E-state index in [1.54, 1.807) is 7.11 Å². The lowest BCUT2D eigenvalue weighted by atomic mass is 10.2. The minimum Gasteiger partial charge on any atom is -0.405 e. The van der Waals surface area contributed by atoms with Gasteiger partial charge in [0.2, 0.25) is 0 Å². The van der Waals surface area contributed by atoms with Crippen LogP contribution in [0.3, 0.4) is 0 Å². The van der Waals surface area contributed by atoms with Crippen LogP contribution in [0.4, 0.5) is 0 Å². The average Bonchev–Trinajstić information content (AvgIpc) is 3.11. The largest absolute Gasteiger partial charge is 0.405 e. The van der Waals surface area contributed by atoms with Crippen molar-refractivity contribution in [2.75, 3.05) is 13.7 Å². The standard InChI is InChI=1S/C22H30O3Si/c1-22(2,3)26(19-11-7-5-8-12-19,20-13-9-6-10-14-20)24-17-18-15-16-21(23-4)25-18/h5-14,18,21H,15-17H2,1-4H3/t18-,21?/m0/s1. The lowest BCUT2D eigenvalue weighted by Gasteiger charge is -2.43. The fourth-order valence-electron chi connectivity index (χ4n) is 3.95. The van der Waals surface area contributed by atoms with E-state index in [1.165, 1.54) is 10.4 Å². The van der Waals surface area contributed by atoms with Gasteiger partial charge in [-0.3, -0.25) is 0 Å². The van der Waals surface area contributed by atoms with Crippen molar-refractivity contribution in [2.45, 2.75) is 51.0 Å². The quantitative estimate of drug-likeness (QED) is 0.726. The zero-order valence-electron chi connectivity index (χ0n) is 16.3. The van der Waals surface area contributed by atoms with Gasteiger partial charge in [-0.15, -0.1) is 0 Å².